The average Bonchev–Trinajstić information content (AvgIpc) is 2.30. The first-order valence-corrected chi connectivity index (χ1v) is 7.72. The molecule has 0 fully saturated rings. The quantitative estimate of drug-likeness (QED) is 0.847. The van der Waals surface area contributed by atoms with Crippen LogP contribution in [0.1, 0.15) is 22.8 Å². The molecule has 6 nitrogen and oxygen atoms in total. The number of rotatable bonds is 5. The number of carbonyl (C=O) groups excluding carboxylic acids is 1. The van der Waals surface area contributed by atoms with Gasteiger partial charge in [-0.15, -0.1) is 0 Å². The van der Waals surface area contributed by atoms with Gasteiger partial charge in [-0.25, -0.2) is 13.6 Å². The monoisotopic (exact) mass is 320 g/mol. The van der Waals surface area contributed by atoms with Gasteiger partial charge in [0.25, 0.3) is 5.91 Å². The maximum Gasteiger partial charge on any atom is 0.251 e. The number of carbonyl (C=O) groups is 1. The van der Waals surface area contributed by atoms with E-state index in [9.17, 15) is 13.2 Å². The molecule has 1 aromatic carbocycles. The largest absolute Gasteiger partial charge is 0.383 e. The molecule has 3 N–H and O–H groups in total. The van der Waals surface area contributed by atoms with Crippen LogP contribution < -0.4 is 10.5 Å². The summed E-state index contributed by atoms with van der Waals surface area (Å²) in [5, 5.41) is 7.92. The van der Waals surface area contributed by atoms with E-state index in [1.54, 1.807) is 6.92 Å². The maximum absolute atomic E-state index is 12.1. The van der Waals surface area contributed by atoms with Crippen LogP contribution in [0.15, 0.2) is 17.0 Å². The minimum absolute atomic E-state index is 0.129. The molecule has 1 atom stereocenters. The highest BCUT2D eigenvalue weighted by Crippen LogP contribution is 2.23. The fourth-order valence-electron chi connectivity index (χ4n) is 1.78. The first kappa shape index (κ1) is 16.9. The van der Waals surface area contributed by atoms with Gasteiger partial charge in [-0.3, -0.25) is 4.79 Å². The molecular formula is C12H17ClN2O4S. The van der Waals surface area contributed by atoms with Crippen molar-refractivity contribution in [1.82, 2.24) is 5.32 Å². The first-order chi connectivity index (χ1) is 9.16. The smallest absolute Gasteiger partial charge is 0.251 e. The minimum Gasteiger partial charge on any atom is -0.383 e. The van der Waals surface area contributed by atoms with Gasteiger partial charge < -0.3 is 10.1 Å². The highest BCUT2D eigenvalue weighted by molar-refractivity contribution is 7.89. The Bertz CT molecular complexity index is 616. The summed E-state index contributed by atoms with van der Waals surface area (Å²) in [4.78, 5) is 12.0. The zero-order valence-electron chi connectivity index (χ0n) is 11.4. The van der Waals surface area contributed by atoms with E-state index in [4.69, 9.17) is 21.5 Å². The summed E-state index contributed by atoms with van der Waals surface area (Å²) in [7, 11) is -2.42. The number of methoxy groups -OCH3 is 1. The molecule has 1 aromatic rings. The van der Waals surface area contributed by atoms with E-state index in [1.807, 2.05) is 0 Å². The lowest BCUT2D eigenvalue weighted by Crippen LogP contribution is -2.36. The third kappa shape index (κ3) is 4.17. The predicted octanol–water partition coefficient (Wildman–Crippen LogP) is 1.06. The molecule has 0 heterocycles. The van der Waals surface area contributed by atoms with Crippen molar-refractivity contribution in [3.05, 3.63) is 28.3 Å². The lowest BCUT2D eigenvalue weighted by Gasteiger charge is -2.15. The van der Waals surface area contributed by atoms with Crippen molar-refractivity contribution in [1.29, 1.82) is 0 Å². The molecule has 1 amide bonds. The molecule has 0 aliphatic carbocycles. The first-order valence-electron chi connectivity index (χ1n) is 5.79. The van der Waals surface area contributed by atoms with E-state index in [0.717, 1.165) is 0 Å². The van der Waals surface area contributed by atoms with Crippen LogP contribution in [0.3, 0.4) is 0 Å². The molecule has 1 rings (SSSR count). The molecular weight excluding hydrogens is 304 g/mol. The summed E-state index contributed by atoms with van der Waals surface area (Å²) in [6.07, 6.45) is 0. The minimum atomic E-state index is -3.94. The Hall–Kier alpha value is -1.15. The highest BCUT2D eigenvalue weighted by Gasteiger charge is 2.20. The number of benzene rings is 1. The van der Waals surface area contributed by atoms with Crippen LogP contribution in [-0.2, 0) is 14.8 Å². The zero-order chi connectivity index (χ0) is 15.5. The van der Waals surface area contributed by atoms with Crippen LogP contribution in [0, 0.1) is 6.92 Å². The number of nitrogens with one attached hydrogen (secondary N) is 1. The summed E-state index contributed by atoms with van der Waals surface area (Å²) in [6.45, 7) is 3.61. The van der Waals surface area contributed by atoms with Crippen molar-refractivity contribution in [2.75, 3.05) is 13.7 Å². The maximum atomic E-state index is 12.1. The second kappa shape index (κ2) is 6.53. The average molecular weight is 321 g/mol. The van der Waals surface area contributed by atoms with Crippen LogP contribution in [0.5, 0.6) is 0 Å². The van der Waals surface area contributed by atoms with Crippen molar-refractivity contribution in [3.8, 4) is 0 Å². The molecule has 0 aromatic heterocycles. The molecule has 20 heavy (non-hydrogen) atoms. The number of primary sulfonamides is 1. The van der Waals surface area contributed by atoms with E-state index < -0.39 is 15.9 Å². The molecule has 0 saturated heterocycles. The summed E-state index contributed by atoms with van der Waals surface area (Å²) in [6, 6.07) is 2.41. The summed E-state index contributed by atoms with van der Waals surface area (Å²) in [5.41, 5.74) is 0.434. The molecule has 0 radical (unpaired) electrons. The Balaban J connectivity index is 3.19. The van der Waals surface area contributed by atoms with Gasteiger partial charge in [0.1, 0.15) is 0 Å². The molecule has 0 bridgehead atoms. The van der Waals surface area contributed by atoms with Gasteiger partial charge in [0.15, 0.2) is 0 Å². The van der Waals surface area contributed by atoms with Gasteiger partial charge in [-0.2, -0.15) is 0 Å². The van der Waals surface area contributed by atoms with Crippen LogP contribution in [0.4, 0.5) is 0 Å². The third-order valence-corrected chi connectivity index (χ3v) is 3.93. The molecule has 0 saturated carbocycles. The van der Waals surface area contributed by atoms with Crippen LogP contribution in [0.25, 0.3) is 0 Å². The number of hydrogen-bond acceptors (Lipinski definition) is 4. The van der Waals surface area contributed by atoms with E-state index in [-0.39, 0.29) is 27.1 Å². The number of sulfonamides is 1. The lowest BCUT2D eigenvalue weighted by molar-refractivity contribution is 0.0904. The predicted molar refractivity (Wildman–Crippen MR) is 76.4 cm³/mol. The molecule has 8 heteroatoms. The number of amides is 1. The Morgan fingerprint density at radius 2 is 2.10 bits per heavy atom. The van der Waals surface area contributed by atoms with Gasteiger partial charge in [0.05, 0.1) is 11.5 Å². The Morgan fingerprint density at radius 3 is 2.60 bits per heavy atom. The van der Waals surface area contributed by atoms with Crippen molar-refractivity contribution >= 4 is 27.5 Å². The normalized spacial score (nSPS) is 13.1. The fourth-order valence-corrected chi connectivity index (χ4v) is 2.89. The number of hydrogen-bond donors (Lipinski definition) is 2. The van der Waals surface area contributed by atoms with Crippen LogP contribution in [0.2, 0.25) is 5.02 Å². The summed E-state index contributed by atoms with van der Waals surface area (Å²) >= 11 is 5.85. The van der Waals surface area contributed by atoms with Crippen LogP contribution in [-0.4, -0.2) is 34.1 Å². The van der Waals surface area contributed by atoms with Gasteiger partial charge in [0.2, 0.25) is 10.0 Å². The SMILES string of the molecule is COCC(C)NC(=O)c1cc(Cl)cc(S(N)(=O)=O)c1C. The number of ether oxygens (including phenoxy) is 1. The van der Waals surface area contributed by atoms with Crippen molar-refractivity contribution in [3.63, 3.8) is 0 Å². The van der Waals surface area contributed by atoms with E-state index in [2.05, 4.69) is 5.32 Å². The van der Waals surface area contributed by atoms with Gasteiger partial charge in [0, 0.05) is 23.7 Å². The Kier molecular flexibility index (Phi) is 5.52. The number of nitrogens with two attached hydrogens (primary N) is 1. The molecule has 1 unspecified atom stereocenters. The Labute approximate surface area is 123 Å². The van der Waals surface area contributed by atoms with E-state index >= 15 is 0 Å². The summed E-state index contributed by atoms with van der Waals surface area (Å²) in [5.74, 6) is -0.431. The van der Waals surface area contributed by atoms with Crippen molar-refractivity contribution in [2.24, 2.45) is 5.14 Å². The molecule has 0 spiro atoms. The Morgan fingerprint density at radius 1 is 1.50 bits per heavy atom. The third-order valence-electron chi connectivity index (χ3n) is 2.67. The topological polar surface area (TPSA) is 98.5 Å². The second-order valence-corrected chi connectivity index (χ2v) is 6.42. The van der Waals surface area contributed by atoms with Gasteiger partial charge in [-0.05, 0) is 31.5 Å². The molecule has 0 aliphatic heterocycles. The second-order valence-electron chi connectivity index (χ2n) is 4.45. The van der Waals surface area contributed by atoms with Crippen molar-refractivity contribution < 1.29 is 17.9 Å². The lowest BCUT2D eigenvalue weighted by atomic mass is 10.1. The van der Waals surface area contributed by atoms with Gasteiger partial charge in [-0.1, -0.05) is 11.6 Å². The van der Waals surface area contributed by atoms with E-state index in [1.165, 1.54) is 26.2 Å². The van der Waals surface area contributed by atoms with Crippen molar-refractivity contribution in [2.45, 2.75) is 24.8 Å². The standard InChI is InChI=1S/C12H17ClN2O4S/c1-7(6-19-3)15-12(16)10-4-9(13)5-11(8(10)2)20(14,17)18/h4-5,7H,6H2,1-3H3,(H,15,16)(H2,14,17,18). The highest BCUT2D eigenvalue weighted by atomic mass is 35.5. The number of halogens is 1. The van der Waals surface area contributed by atoms with Crippen LogP contribution >= 0.6 is 11.6 Å². The molecule has 0 aliphatic rings. The summed E-state index contributed by atoms with van der Waals surface area (Å²) < 4.78 is 27.9. The molecule has 112 valence electrons. The fraction of sp³-hybridized carbons (Fsp3) is 0.417. The zero-order valence-corrected chi connectivity index (χ0v) is 13.0. The van der Waals surface area contributed by atoms with Gasteiger partial charge >= 0.3 is 0 Å². The van der Waals surface area contributed by atoms with E-state index in [0.29, 0.717) is 6.61 Å².